The Balaban J connectivity index is 1.10. The quantitative estimate of drug-likeness (QED) is 0.258. The summed E-state index contributed by atoms with van der Waals surface area (Å²) in [6.07, 6.45) is 4.64. The molecule has 0 unspecified atom stereocenters. The van der Waals surface area contributed by atoms with Gasteiger partial charge in [-0.2, -0.15) is 0 Å². The van der Waals surface area contributed by atoms with E-state index in [1.54, 1.807) is 31.6 Å². The molecular formula is C26H26N9O3S2+. The van der Waals surface area contributed by atoms with Crippen LogP contribution in [-0.4, -0.2) is 71.7 Å². The Bertz CT molecular complexity index is 1790. The van der Waals surface area contributed by atoms with E-state index in [4.69, 9.17) is 17.0 Å². The summed E-state index contributed by atoms with van der Waals surface area (Å²) in [5, 5.41) is 5.91. The van der Waals surface area contributed by atoms with Gasteiger partial charge >= 0.3 is 0 Å². The Morgan fingerprint density at radius 1 is 1.05 bits per heavy atom. The minimum absolute atomic E-state index is 0.0139. The molecule has 0 amide bonds. The maximum absolute atomic E-state index is 12.6. The molecule has 1 fully saturated rings. The zero-order valence-electron chi connectivity index (χ0n) is 21.5. The predicted molar refractivity (Wildman–Crippen MR) is 156 cm³/mol. The molecule has 1 aliphatic heterocycles. The Hall–Kier alpha value is -4.56. The number of fused-ring (bicyclic) bond motifs is 3. The second-order valence-electron chi connectivity index (χ2n) is 9.12. The van der Waals surface area contributed by atoms with Gasteiger partial charge in [-0.3, -0.25) is 4.90 Å². The predicted octanol–water partition coefficient (Wildman–Crippen LogP) is 2.65. The number of hydrogen-bond acceptors (Lipinski definition) is 8. The number of hydrogen-bond donors (Lipinski definition) is 3. The third-order valence-corrected chi connectivity index (χ3v) is 8.41. The van der Waals surface area contributed by atoms with Gasteiger partial charge in [0.25, 0.3) is 10.0 Å². The summed E-state index contributed by atoms with van der Waals surface area (Å²) >= 11 is 5.67. The average molecular weight is 577 g/mol. The van der Waals surface area contributed by atoms with Gasteiger partial charge in [0.1, 0.15) is 11.1 Å². The SMILES string of the molecule is COc1ccc2c(c1)[nH]c1nc[nH+]c(N3CCN(C(=S)Nc4ccc(S(=O)(=O)Nc5ncccn5)cc4)CC3)c12. The van der Waals surface area contributed by atoms with Crippen LogP contribution in [0.15, 0.2) is 72.1 Å². The molecule has 1 aliphatic rings. The lowest BCUT2D eigenvalue weighted by atomic mass is 10.2. The van der Waals surface area contributed by atoms with Crippen LogP contribution in [0.4, 0.5) is 17.5 Å². The molecule has 1 saturated heterocycles. The molecule has 12 nitrogen and oxygen atoms in total. The molecule has 0 spiro atoms. The molecule has 0 saturated carbocycles. The number of methoxy groups -OCH3 is 1. The number of nitrogens with zero attached hydrogens (tertiary/aromatic N) is 5. The highest BCUT2D eigenvalue weighted by Crippen LogP contribution is 2.32. The Labute approximate surface area is 235 Å². The van der Waals surface area contributed by atoms with Crippen molar-refractivity contribution in [3.63, 3.8) is 0 Å². The Morgan fingerprint density at radius 3 is 2.52 bits per heavy atom. The average Bonchev–Trinajstić information content (AvgIpc) is 3.36. The van der Waals surface area contributed by atoms with Crippen LogP contribution in [0.25, 0.3) is 21.9 Å². The van der Waals surface area contributed by atoms with Gasteiger partial charge in [-0.1, -0.05) is 4.98 Å². The van der Waals surface area contributed by atoms with Crippen molar-refractivity contribution in [3.8, 4) is 5.75 Å². The molecule has 0 bridgehead atoms. The van der Waals surface area contributed by atoms with Crippen LogP contribution >= 0.6 is 12.2 Å². The van der Waals surface area contributed by atoms with Crippen molar-refractivity contribution in [1.82, 2.24) is 24.8 Å². The highest BCUT2D eigenvalue weighted by atomic mass is 32.2. The summed E-state index contributed by atoms with van der Waals surface area (Å²) in [5.41, 5.74) is 2.48. The number of thiocarbonyl (C=S) groups is 1. The maximum Gasteiger partial charge on any atom is 0.264 e. The van der Waals surface area contributed by atoms with E-state index in [0.29, 0.717) is 23.9 Å². The molecule has 0 atom stereocenters. The highest BCUT2D eigenvalue weighted by Gasteiger charge is 2.27. The fraction of sp³-hybridized carbons (Fsp3) is 0.192. The number of benzene rings is 2. The van der Waals surface area contributed by atoms with E-state index in [-0.39, 0.29) is 10.8 Å². The van der Waals surface area contributed by atoms with Gasteiger partial charge in [0.15, 0.2) is 5.11 Å². The van der Waals surface area contributed by atoms with Crippen LogP contribution in [0.1, 0.15) is 0 Å². The van der Waals surface area contributed by atoms with Gasteiger partial charge in [0.05, 0.1) is 43.7 Å². The summed E-state index contributed by atoms with van der Waals surface area (Å²) in [6.45, 7) is 2.94. The van der Waals surface area contributed by atoms with Crippen molar-refractivity contribution in [3.05, 3.63) is 67.3 Å². The molecule has 0 radical (unpaired) electrons. The Morgan fingerprint density at radius 2 is 1.80 bits per heavy atom. The molecule has 204 valence electrons. The Kier molecular flexibility index (Phi) is 6.77. The molecule has 0 aliphatic carbocycles. The maximum atomic E-state index is 12.6. The van der Waals surface area contributed by atoms with Crippen molar-refractivity contribution in [2.24, 2.45) is 0 Å². The molecule has 6 rings (SSSR count). The third-order valence-electron chi connectivity index (χ3n) is 6.71. The van der Waals surface area contributed by atoms with Gasteiger partial charge in [0, 0.05) is 29.5 Å². The molecule has 2 aromatic carbocycles. The second-order valence-corrected chi connectivity index (χ2v) is 11.2. The van der Waals surface area contributed by atoms with Gasteiger partial charge < -0.3 is 19.9 Å². The molecular weight excluding hydrogens is 550 g/mol. The third kappa shape index (κ3) is 5.05. The standard InChI is InChI=1S/C26H25N9O3S2/c1-38-18-5-8-20-21(15-18)32-23-22(20)24(30-16-29-23)34-11-13-35(14-12-34)26(39)31-17-3-6-19(7-4-17)40(36,37)33-25-27-9-2-10-28-25/h2-10,15-16H,11-14H2,1H3,(H,31,39)(H,27,28,33)(H,29,30,32)/p+1. The molecule has 5 aromatic rings. The largest absolute Gasteiger partial charge is 0.497 e. The van der Waals surface area contributed by atoms with Crippen molar-refractivity contribution in [1.29, 1.82) is 0 Å². The number of aromatic amines is 2. The van der Waals surface area contributed by atoms with E-state index in [1.807, 2.05) is 18.2 Å². The lowest BCUT2D eigenvalue weighted by Gasteiger charge is -2.34. The number of aromatic nitrogens is 5. The van der Waals surface area contributed by atoms with E-state index in [2.05, 4.69) is 44.8 Å². The minimum Gasteiger partial charge on any atom is -0.497 e. The van der Waals surface area contributed by atoms with E-state index in [9.17, 15) is 8.42 Å². The van der Waals surface area contributed by atoms with Crippen LogP contribution in [-0.2, 0) is 10.0 Å². The van der Waals surface area contributed by atoms with E-state index in [1.165, 1.54) is 24.5 Å². The normalized spacial score (nSPS) is 13.9. The molecule has 4 heterocycles. The van der Waals surface area contributed by atoms with Gasteiger partial charge in [-0.25, -0.2) is 28.1 Å². The van der Waals surface area contributed by atoms with E-state index < -0.39 is 10.0 Å². The summed E-state index contributed by atoms with van der Waals surface area (Å²) in [7, 11) is -2.16. The van der Waals surface area contributed by atoms with Crippen LogP contribution in [0.2, 0.25) is 0 Å². The summed E-state index contributed by atoms with van der Waals surface area (Å²) in [6, 6.07) is 14.0. The first-order chi connectivity index (χ1) is 19.4. The first kappa shape index (κ1) is 25.7. The first-order valence-corrected chi connectivity index (χ1v) is 14.4. The van der Waals surface area contributed by atoms with Crippen LogP contribution < -0.4 is 24.7 Å². The summed E-state index contributed by atoms with van der Waals surface area (Å²) in [5.74, 6) is 1.81. The van der Waals surface area contributed by atoms with E-state index >= 15 is 0 Å². The zero-order valence-corrected chi connectivity index (χ0v) is 23.1. The summed E-state index contributed by atoms with van der Waals surface area (Å²) < 4.78 is 33.0. The molecule has 4 N–H and O–H groups in total. The van der Waals surface area contributed by atoms with Crippen LogP contribution in [0.3, 0.4) is 0 Å². The fourth-order valence-electron chi connectivity index (χ4n) is 4.69. The molecule has 14 heteroatoms. The van der Waals surface area contributed by atoms with Crippen molar-refractivity contribution in [2.75, 3.05) is 48.2 Å². The molecule has 40 heavy (non-hydrogen) atoms. The van der Waals surface area contributed by atoms with Gasteiger partial charge in [-0.05, 0) is 54.7 Å². The number of H-pyrrole nitrogens is 2. The smallest absolute Gasteiger partial charge is 0.264 e. The zero-order chi connectivity index (χ0) is 27.7. The number of nitrogens with one attached hydrogen (secondary N) is 4. The molecule has 3 aromatic heterocycles. The van der Waals surface area contributed by atoms with Crippen molar-refractivity contribution >= 4 is 66.7 Å². The van der Waals surface area contributed by atoms with Gasteiger partial charge in [0.2, 0.25) is 23.7 Å². The highest BCUT2D eigenvalue weighted by molar-refractivity contribution is 7.92. The first-order valence-electron chi connectivity index (χ1n) is 12.5. The lowest BCUT2D eigenvalue weighted by molar-refractivity contribution is -0.367. The monoisotopic (exact) mass is 576 g/mol. The number of rotatable bonds is 6. The van der Waals surface area contributed by atoms with Crippen molar-refractivity contribution < 1.29 is 18.1 Å². The number of ether oxygens (including phenoxy) is 1. The topological polar surface area (TPSA) is 143 Å². The minimum atomic E-state index is -3.81. The summed E-state index contributed by atoms with van der Waals surface area (Å²) in [4.78, 5) is 23.5. The van der Waals surface area contributed by atoms with Crippen molar-refractivity contribution in [2.45, 2.75) is 4.90 Å². The number of anilines is 3. The van der Waals surface area contributed by atoms with E-state index in [0.717, 1.165) is 46.6 Å². The fourth-order valence-corrected chi connectivity index (χ4v) is 5.95. The number of sulfonamides is 1. The second kappa shape index (κ2) is 10.5. The van der Waals surface area contributed by atoms with Gasteiger partial charge in [-0.15, -0.1) is 0 Å². The van der Waals surface area contributed by atoms with Crippen LogP contribution in [0.5, 0.6) is 5.75 Å². The lowest BCUT2D eigenvalue weighted by Crippen LogP contribution is -2.51. The van der Waals surface area contributed by atoms with Crippen LogP contribution in [0, 0.1) is 0 Å². The number of piperazine rings is 1.